The molecule has 0 saturated carbocycles. The van der Waals surface area contributed by atoms with Gasteiger partial charge in [-0.05, 0) is 29.3 Å². The van der Waals surface area contributed by atoms with Gasteiger partial charge in [0.1, 0.15) is 5.75 Å². The summed E-state index contributed by atoms with van der Waals surface area (Å²) in [4.78, 5) is 0. The van der Waals surface area contributed by atoms with Gasteiger partial charge in [0.15, 0.2) is 0 Å². The molecule has 0 fully saturated rings. The van der Waals surface area contributed by atoms with E-state index in [1.54, 1.807) is 18.2 Å². The molecule has 0 aromatic heterocycles. The van der Waals surface area contributed by atoms with E-state index in [0.29, 0.717) is 33.5 Å². The molecule has 1 N–H and O–H groups in total. The van der Waals surface area contributed by atoms with Crippen LogP contribution in [0.3, 0.4) is 0 Å². The third-order valence-electron chi connectivity index (χ3n) is 3.61. The third-order valence-corrected chi connectivity index (χ3v) is 4.30. The van der Waals surface area contributed by atoms with Crippen molar-refractivity contribution in [2.45, 2.75) is 18.0 Å². The summed E-state index contributed by atoms with van der Waals surface area (Å²) in [7, 11) is 1.42. The van der Waals surface area contributed by atoms with Gasteiger partial charge in [-0.25, -0.2) is 0 Å². The van der Waals surface area contributed by atoms with Gasteiger partial charge in [0, 0.05) is 10.0 Å². The second kappa shape index (κ2) is 6.53. The van der Waals surface area contributed by atoms with Crippen molar-refractivity contribution in [1.29, 1.82) is 0 Å². The van der Waals surface area contributed by atoms with E-state index in [1.165, 1.54) is 7.11 Å². The van der Waals surface area contributed by atoms with Crippen LogP contribution in [-0.2, 0) is 5.60 Å². The lowest BCUT2D eigenvalue weighted by Gasteiger charge is -2.32. The van der Waals surface area contributed by atoms with Crippen LogP contribution < -0.4 is 4.74 Å². The minimum Gasteiger partial charge on any atom is -0.497 e. The molecule has 0 aliphatic carbocycles. The van der Waals surface area contributed by atoms with Gasteiger partial charge in [-0.15, -0.1) is 0 Å². The number of alkyl halides is 6. The van der Waals surface area contributed by atoms with E-state index < -0.39 is 23.5 Å². The normalized spacial score (nSPS) is 13.0. The van der Waals surface area contributed by atoms with Crippen molar-refractivity contribution in [3.8, 4) is 16.9 Å². The Morgan fingerprint density at radius 3 is 1.84 bits per heavy atom. The zero-order chi connectivity index (χ0) is 19.0. The van der Waals surface area contributed by atoms with E-state index in [9.17, 15) is 31.4 Å². The van der Waals surface area contributed by atoms with Crippen molar-refractivity contribution in [1.82, 2.24) is 0 Å². The van der Waals surface area contributed by atoms with Gasteiger partial charge in [0.25, 0.3) is 5.60 Å². The first-order valence-corrected chi connectivity index (χ1v) is 7.51. The Kier molecular flexibility index (Phi) is 5.11. The summed E-state index contributed by atoms with van der Waals surface area (Å²) in [6, 6.07) is 8.16. The first kappa shape index (κ1) is 19.6. The minimum absolute atomic E-state index is 0.348. The molecule has 0 saturated heterocycles. The Morgan fingerprint density at radius 1 is 0.880 bits per heavy atom. The van der Waals surface area contributed by atoms with E-state index in [2.05, 4.69) is 15.9 Å². The molecule has 0 heterocycles. The van der Waals surface area contributed by atoms with Crippen LogP contribution in [0, 0.1) is 0 Å². The molecular formula is C16H11BrF6O2. The van der Waals surface area contributed by atoms with Gasteiger partial charge in [-0.1, -0.05) is 40.2 Å². The third kappa shape index (κ3) is 3.48. The van der Waals surface area contributed by atoms with Crippen molar-refractivity contribution >= 4 is 15.9 Å². The van der Waals surface area contributed by atoms with Gasteiger partial charge >= 0.3 is 12.4 Å². The summed E-state index contributed by atoms with van der Waals surface area (Å²) in [6.45, 7) is 0. The molecule has 2 aromatic carbocycles. The van der Waals surface area contributed by atoms with Crippen LogP contribution in [0.25, 0.3) is 11.1 Å². The highest BCUT2D eigenvalue weighted by Gasteiger charge is 2.71. The van der Waals surface area contributed by atoms with Crippen LogP contribution in [0.5, 0.6) is 5.75 Å². The standard InChI is InChI=1S/C16H11BrF6O2/c1-25-11-6-7-13(17)12(8-11)9-2-4-10(5-3-9)14(24,15(18,19)20)16(21,22)23/h2-8,24H,1H3. The van der Waals surface area contributed by atoms with E-state index in [0.717, 1.165) is 12.1 Å². The molecule has 25 heavy (non-hydrogen) atoms. The van der Waals surface area contributed by atoms with Gasteiger partial charge in [-0.3, -0.25) is 0 Å². The quantitative estimate of drug-likeness (QED) is 0.659. The van der Waals surface area contributed by atoms with Gasteiger partial charge < -0.3 is 9.84 Å². The molecule has 0 atom stereocenters. The highest BCUT2D eigenvalue weighted by Crippen LogP contribution is 2.50. The molecule has 0 unspecified atom stereocenters. The smallest absolute Gasteiger partial charge is 0.430 e. The van der Waals surface area contributed by atoms with Gasteiger partial charge in [0.2, 0.25) is 0 Å². The van der Waals surface area contributed by atoms with Crippen LogP contribution in [0.2, 0.25) is 0 Å². The van der Waals surface area contributed by atoms with Gasteiger partial charge in [0.05, 0.1) is 7.11 Å². The molecular weight excluding hydrogens is 418 g/mol. The summed E-state index contributed by atoms with van der Waals surface area (Å²) in [5, 5.41) is 9.37. The summed E-state index contributed by atoms with van der Waals surface area (Å²) >= 11 is 3.25. The first-order valence-electron chi connectivity index (χ1n) is 6.72. The van der Waals surface area contributed by atoms with Gasteiger partial charge in [-0.2, -0.15) is 26.3 Å². The van der Waals surface area contributed by atoms with Crippen molar-refractivity contribution < 1.29 is 36.2 Å². The molecule has 9 heteroatoms. The zero-order valence-corrected chi connectivity index (χ0v) is 14.1. The Bertz CT molecular complexity index is 739. The second-order valence-corrected chi connectivity index (χ2v) is 5.98. The number of aliphatic hydroxyl groups is 1. The molecule has 0 spiro atoms. The highest BCUT2D eigenvalue weighted by molar-refractivity contribution is 9.10. The monoisotopic (exact) mass is 428 g/mol. The molecule has 2 aromatic rings. The predicted molar refractivity (Wildman–Crippen MR) is 82.1 cm³/mol. The van der Waals surface area contributed by atoms with Crippen LogP contribution >= 0.6 is 15.9 Å². The van der Waals surface area contributed by atoms with E-state index in [-0.39, 0.29) is 0 Å². The molecule has 2 rings (SSSR count). The van der Waals surface area contributed by atoms with Crippen molar-refractivity contribution in [3.05, 3.63) is 52.5 Å². The summed E-state index contributed by atoms with van der Waals surface area (Å²) < 4.78 is 82.9. The van der Waals surface area contributed by atoms with Crippen LogP contribution in [0.15, 0.2) is 46.9 Å². The number of methoxy groups -OCH3 is 1. The Labute approximate surface area is 147 Å². The van der Waals surface area contributed by atoms with Crippen molar-refractivity contribution in [3.63, 3.8) is 0 Å². The molecule has 0 bridgehead atoms. The Balaban J connectivity index is 2.53. The maximum atomic E-state index is 12.9. The number of hydrogen-bond donors (Lipinski definition) is 1. The average molecular weight is 429 g/mol. The number of rotatable bonds is 3. The fraction of sp³-hybridized carbons (Fsp3) is 0.250. The molecule has 136 valence electrons. The number of hydrogen-bond acceptors (Lipinski definition) is 2. The SMILES string of the molecule is COc1ccc(Br)c(-c2ccc(C(O)(C(F)(F)F)C(F)(F)F)cc2)c1. The summed E-state index contributed by atoms with van der Waals surface area (Å²) in [5.74, 6) is 0.462. The molecule has 0 aliphatic rings. The van der Waals surface area contributed by atoms with Crippen LogP contribution in [0.1, 0.15) is 5.56 Å². The Morgan fingerprint density at radius 2 is 1.40 bits per heavy atom. The average Bonchev–Trinajstić information content (AvgIpc) is 2.52. The molecule has 0 amide bonds. The second-order valence-electron chi connectivity index (χ2n) is 5.13. The van der Waals surface area contributed by atoms with Crippen LogP contribution in [-0.4, -0.2) is 24.6 Å². The lowest BCUT2D eigenvalue weighted by molar-refractivity contribution is -0.376. The topological polar surface area (TPSA) is 29.5 Å². The summed E-state index contributed by atoms with van der Waals surface area (Å²) in [5.41, 5.74) is -5.39. The largest absolute Gasteiger partial charge is 0.497 e. The highest BCUT2D eigenvalue weighted by atomic mass is 79.9. The molecule has 0 aliphatic heterocycles. The number of benzene rings is 2. The van der Waals surface area contributed by atoms with Crippen molar-refractivity contribution in [2.24, 2.45) is 0 Å². The maximum absolute atomic E-state index is 12.9. The minimum atomic E-state index is -5.91. The van der Waals surface area contributed by atoms with Crippen molar-refractivity contribution in [2.75, 3.05) is 7.11 Å². The summed E-state index contributed by atoms with van der Waals surface area (Å²) in [6.07, 6.45) is -11.8. The van der Waals surface area contributed by atoms with Crippen LogP contribution in [0.4, 0.5) is 26.3 Å². The number of halogens is 7. The predicted octanol–water partition coefficient (Wildman–Crippen LogP) is 5.44. The maximum Gasteiger partial charge on any atom is 0.430 e. The molecule has 0 radical (unpaired) electrons. The molecule has 2 nitrogen and oxygen atoms in total. The zero-order valence-electron chi connectivity index (χ0n) is 12.5. The lowest BCUT2D eigenvalue weighted by atomic mass is 9.90. The van der Waals surface area contributed by atoms with E-state index >= 15 is 0 Å². The number of ether oxygens (including phenoxy) is 1. The fourth-order valence-electron chi connectivity index (χ4n) is 2.23. The first-order chi connectivity index (χ1) is 11.4. The van der Waals surface area contributed by atoms with E-state index in [1.807, 2.05) is 0 Å². The lowest BCUT2D eigenvalue weighted by Crippen LogP contribution is -2.53. The fourth-order valence-corrected chi connectivity index (χ4v) is 2.71. The Hall–Kier alpha value is -1.74. The van der Waals surface area contributed by atoms with E-state index in [4.69, 9.17) is 4.74 Å².